The van der Waals surface area contributed by atoms with Crippen molar-refractivity contribution in [3.8, 4) is 33.8 Å². The number of carbonyl (C=O) groups excluding carboxylic acids is 7. The lowest BCUT2D eigenvalue weighted by Gasteiger charge is -2.32. The Bertz CT molecular complexity index is 3880. The maximum Gasteiger partial charge on any atom is 0.294 e. The number of benzene rings is 6. The van der Waals surface area contributed by atoms with Gasteiger partial charge >= 0.3 is 0 Å². The second-order valence-corrected chi connectivity index (χ2v) is 29.0. The van der Waals surface area contributed by atoms with Crippen molar-refractivity contribution in [3.63, 3.8) is 0 Å². The van der Waals surface area contributed by atoms with Crippen LogP contribution in [0.5, 0.6) is 11.5 Å². The SMILES string of the molecule is CCCCCCCOc1ccc(-c2ccc(-c3ccc(C(=O)N[C@H]4CCCNC(=O)[C@@H]5C[C@H](N)CN5C(=O)[C@H](CCCN)NC(=O)[C@H](CCc5ccc(O)cc5)NC(=O)[C@@H]5CCCN5C(=O)[C@H](C(C)C)NC4=O)cc3)cc2)cc1.Cc1ccc(S(=O)(=O)O)cc1.Cc1ccc(S(=O)(=O)O)cc1. The monoisotopic (exact) mass is 1430 g/mol. The number of aromatic hydroxyl groups is 1. The van der Waals surface area contributed by atoms with E-state index < -0.39 is 110 Å². The third-order valence-electron chi connectivity index (χ3n) is 17.9. The molecular weight excluding hydrogens is 1330 g/mol. The van der Waals surface area contributed by atoms with E-state index in [1.165, 1.54) is 71.9 Å². The third kappa shape index (κ3) is 24.1. The van der Waals surface area contributed by atoms with Crippen molar-refractivity contribution >= 4 is 61.6 Å². The predicted octanol–water partition coefficient (Wildman–Crippen LogP) is 7.97. The number of hydrogen-bond donors (Lipinski definition) is 10. The molecule has 9 rings (SSSR count). The van der Waals surface area contributed by atoms with E-state index in [2.05, 4.69) is 45.6 Å². The number of rotatable bonds is 20. The average Bonchev–Trinajstić information content (AvgIpc) is 1.74. The molecule has 0 bridgehead atoms. The summed E-state index contributed by atoms with van der Waals surface area (Å²) in [4.78, 5) is 103. The summed E-state index contributed by atoms with van der Waals surface area (Å²) >= 11 is 0. The summed E-state index contributed by atoms with van der Waals surface area (Å²) in [5, 5.41) is 24.3. The topological polar surface area (TPSA) is 376 Å². The Morgan fingerprint density at radius 2 is 1.15 bits per heavy atom. The van der Waals surface area contributed by atoms with Gasteiger partial charge in [-0.3, -0.25) is 42.7 Å². The van der Waals surface area contributed by atoms with Gasteiger partial charge in [0.1, 0.15) is 47.8 Å². The number of unbranched alkanes of at least 4 members (excludes halogenated alkanes) is 4. The fourth-order valence-electron chi connectivity index (χ4n) is 12.0. The number of nitrogens with one attached hydrogen (secondary N) is 5. The third-order valence-corrected chi connectivity index (χ3v) is 19.6. The first kappa shape index (κ1) is 79.3. The Morgan fingerprint density at radius 3 is 1.69 bits per heavy atom. The molecule has 6 aromatic carbocycles. The van der Waals surface area contributed by atoms with Gasteiger partial charge in [-0.1, -0.05) is 143 Å². The lowest BCUT2D eigenvalue weighted by Crippen LogP contribution is -2.60. The number of nitrogens with two attached hydrogens (primary N) is 2. The molecule has 26 heteroatoms. The van der Waals surface area contributed by atoms with Crippen LogP contribution in [0.1, 0.15) is 131 Å². The van der Waals surface area contributed by atoms with Gasteiger partial charge in [0.05, 0.1) is 16.4 Å². The van der Waals surface area contributed by atoms with Gasteiger partial charge in [-0.2, -0.15) is 16.8 Å². The van der Waals surface area contributed by atoms with Crippen LogP contribution in [-0.2, 0) is 55.4 Å². The van der Waals surface area contributed by atoms with Crippen LogP contribution in [0.25, 0.3) is 22.3 Å². The van der Waals surface area contributed by atoms with E-state index in [-0.39, 0.29) is 73.8 Å². The van der Waals surface area contributed by atoms with E-state index in [1.54, 1.807) is 62.4 Å². The highest BCUT2D eigenvalue weighted by atomic mass is 32.2. The van der Waals surface area contributed by atoms with Gasteiger partial charge in [0.25, 0.3) is 26.1 Å². The van der Waals surface area contributed by atoms with Gasteiger partial charge in [0.2, 0.25) is 35.4 Å². The molecule has 24 nitrogen and oxygen atoms in total. The molecule has 6 aromatic rings. The van der Waals surface area contributed by atoms with Crippen molar-refractivity contribution < 1.29 is 69.3 Å². The van der Waals surface area contributed by atoms with Gasteiger partial charge in [-0.25, -0.2) is 0 Å². The van der Waals surface area contributed by atoms with E-state index in [9.17, 15) is 55.5 Å². The van der Waals surface area contributed by atoms with Crippen molar-refractivity contribution in [1.29, 1.82) is 0 Å². The number of phenols is 1. The Hall–Kier alpha value is -9.05. The molecule has 3 aliphatic heterocycles. The summed E-state index contributed by atoms with van der Waals surface area (Å²) in [6.07, 6.45) is 8.07. The Kier molecular flexibility index (Phi) is 29.9. The lowest BCUT2D eigenvalue weighted by molar-refractivity contribution is -0.143. The van der Waals surface area contributed by atoms with Crippen LogP contribution >= 0.6 is 0 Å². The number of amides is 7. The van der Waals surface area contributed by atoms with Crippen molar-refractivity contribution in [2.75, 3.05) is 32.8 Å². The summed E-state index contributed by atoms with van der Waals surface area (Å²) < 4.78 is 65.1. The molecule has 7 atom stereocenters. The summed E-state index contributed by atoms with van der Waals surface area (Å²) in [5.41, 5.74) is 19.2. The number of hydrogen-bond acceptors (Lipinski definition) is 15. The van der Waals surface area contributed by atoms with E-state index in [0.717, 1.165) is 51.1 Å². The number of ether oxygens (including phenoxy) is 1. The minimum absolute atomic E-state index is 0.0574. The summed E-state index contributed by atoms with van der Waals surface area (Å²) in [6.45, 7) is 10.7. The zero-order valence-corrected chi connectivity index (χ0v) is 59.6. The van der Waals surface area contributed by atoms with Crippen LogP contribution in [-0.4, -0.2) is 157 Å². The standard InChI is InChI=1S/C61H81N9O9.2C7H8O3S/c1-4-5-6-7-8-36-79-48-30-26-44(27-31-48)42-20-18-41(19-21-42)43-22-24-45(25-23-43)55(72)65-49-13-10-34-64-58(75)53-37-46(63)38-70(53)60(77)51(12-9-33-62)67-56(73)50(32-17-40-15-28-47(71)29-16-40)66-59(76)52-14-11-35-69(52)61(78)54(39(2)3)68-57(49)74;2*1-6-2-4-7(5-3-6)11(8,9)10/h15-16,18-31,39,46,49-54,71H,4-14,17,32-38,62-63H2,1-3H3,(H,64,75)(H,65,72)(H,66,76)(H,67,73)(H,68,74);2*2-5H,1H3,(H,8,9,10)/t46-,49-,50-,51-,52-,53-,54-;;/m0../s1. The van der Waals surface area contributed by atoms with Crippen molar-refractivity contribution in [2.45, 2.75) is 177 Å². The minimum Gasteiger partial charge on any atom is -0.508 e. The number of nitrogens with zero attached hydrogens (tertiary/aromatic N) is 2. The fraction of sp³-hybridized carbons (Fsp3) is 0.427. The molecule has 0 aromatic heterocycles. The van der Waals surface area contributed by atoms with Crippen molar-refractivity contribution in [2.24, 2.45) is 17.4 Å². The van der Waals surface area contributed by atoms with E-state index in [1.807, 2.05) is 62.4 Å². The zero-order chi connectivity index (χ0) is 73.4. The second kappa shape index (κ2) is 38.1. The Labute approximate surface area is 592 Å². The molecule has 7 amide bonds. The van der Waals surface area contributed by atoms with Crippen LogP contribution in [0, 0.1) is 19.8 Å². The van der Waals surface area contributed by atoms with Crippen LogP contribution < -0.4 is 42.8 Å². The first-order valence-electron chi connectivity index (χ1n) is 34.5. The van der Waals surface area contributed by atoms with Crippen LogP contribution in [0.15, 0.2) is 155 Å². The highest BCUT2D eigenvalue weighted by molar-refractivity contribution is 7.86. The molecular formula is C75H97N9O15S2. The molecule has 0 spiro atoms. The molecule has 3 fully saturated rings. The molecule has 12 N–H and O–H groups in total. The number of phenolic OH excluding ortho intramolecular Hbond substituents is 1. The van der Waals surface area contributed by atoms with Gasteiger partial charge in [-0.05, 0) is 179 Å². The lowest BCUT2D eigenvalue weighted by atomic mass is 9.99. The maximum atomic E-state index is 14.6. The summed E-state index contributed by atoms with van der Waals surface area (Å²) in [6, 6.07) is 34.7. The fourth-order valence-corrected chi connectivity index (χ4v) is 13.0. The van der Waals surface area contributed by atoms with Crippen LogP contribution in [0.3, 0.4) is 0 Å². The highest BCUT2D eigenvalue weighted by Gasteiger charge is 2.43. The summed E-state index contributed by atoms with van der Waals surface area (Å²) in [7, 11) is -8.04. The molecule has 101 heavy (non-hydrogen) atoms. The van der Waals surface area contributed by atoms with E-state index in [0.29, 0.717) is 37.9 Å². The second-order valence-electron chi connectivity index (χ2n) is 26.2. The predicted molar refractivity (Wildman–Crippen MR) is 385 cm³/mol. The first-order valence-corrected chi connectivity index (χ1v) is 37.4. The normalized spacial score (nSPS) is 20.3. The van der Waals surface area contributed by atoms with Gasteiger partial charge in [0, 0.05) is 31.2 Å². The smallest absolute Gasteiger partial charge is 0.294 e. The van der Waals surface area contributed by atoms with Crippen molar-refractivity contribution in [3.05, 3.63) is 168 Å². The zero-order valence-electron chi connectivity index (χ0n) is 58.0. The largest absolute Gasteiger partial charge is 0.508 e. The Balaban J connectivity index is 0.000000549. The summed E-state index contributed by atoms with van der Waals surface area (Å²) in [5.74, 6) is -3.36. The number of aryl methyl sites for hydroxylation is 3. The van der Waals surface area contributed by atoms with Crippen LogP contribution in [0.4, 0.5) is 0 Å². The highest BCUT2D eigenvalue weighted by Crippen LogP contribution is 2.29. The molecule has 3 heterocycles. The van der Waals surface area contributed by atoms with E-state index >= 15 is 0 Å². The molecule has 0 unspecified atom stereocenters. The van der Waals surface area contributed by atoms with Crippen molar-refractivity contribution in [1.82, 2.24) is 36.4 Å². The average molecular weight is 1430 g/mol. The first-order chi connectivity index (χ1) is 48.1. The maximum absolute atomic E-state index is 14.6. The number of fused-ring (bicyclic) bond motifs is 2. The molecule has 3 saturated heterocycles. The van der Waals surface area contributed by atoms with Crippen LogP contribution in [0.2, 0.25) is 0 Å². The van der Waals surface area contributed by atoms with E-state index in [4.69, 9.17) is 25.3 Å². The molecule has 0 saturated carbocycles. The van der Waals surface area contributed by atoms with Gasteiger partial charge in [-0.15, -0.1) is 0 Å². The molecule has 0 radical (unpaired) electrons. The van der Waals surface area contributed by atoms with Gasteiger partial charge < -0.3 is 57.7 Å². The minimum atomic E-state index is -4.02. The molecule has 544 valence electrons. The Morgan fingerprint density at radius 1 is 0.604 bits per heavy atom. The molecule has 3 aliphatic rings. The molecule has 0 aliphatic carbocycles. The van der Waals surface area contributed by atoms with Gasteiger partial charge in [0.15, 0.2) is 0 Å². The number of carbonyl (C=O) groups is 7. The quantitative estimate of drug-likeness (QED) is 0.0256.